The van der Waals surface area contributed by atoms with E-state index < -0.39 is 21.7 Å². The number of hydrogen-bond donors (Lipinski definition) is 2. The molecule has 0 unspecified atom stereocenters. The molecule has 0 radical (unpaired) electrons. The summed E-state index contributed by atoms with van der Waals surface area (Å²) in [5.41, 5.74) is 0.625. The Hall–Kier alpha value is -2.45. The van der Waals surface area contributed by atoms with Crippen molar-refractivity contribution in [1.82, 2.24) is 0 Å². The lowest BCUT2D eigenvalue weighted by Crippen LogP contribution is -2.27. The van der Waals surface area contributed by atoms with E-state index in [1.807, 2.05) is 13.8 Å². The van der Waals surface area contributed by atoms with Crippen LogP contribution in [0, 0.1) is 0 Å². The standard InChI is InChI=1S/C18H21ClN2O5S/c1-12(2)26-15-7-5-14(6-8-15)21-27(23,24)11-18(22)20-16-10-13(19)4-9-17(16)25-3/h4-10,12,21H,11H2,1-3H3,(H,20,22). The van der Waals surface area contributed by atoms with Crippen LogP contribution in [0.15, 0.2) is 42.5 Å². The quantitative estimate of drug-likeness (QED) is 0.691. The minimum absolute atomic E-state index is 0.0136. The minimum Gasteiger partial charge on any atom is -0.495 e. The second-order valence-corrected chi connectivity index (χ2v) is 8.10. The first kappa shape index (κ1) is 20.9. The monoisotopic (exact) mass is 412 g/mol. The number of sulfonamides is 1. The second-order valence-electron chi connectivity index (χ2n) is 5.94. The lowest BCUT2D eigenvalue weighted by molar-refractivity contribution is -0.113. The number of anilines is 2. The molecule has 2 aromatic rings. The average molecular weight is 413 g/mol. The van der Waals surface area contributed by atoms with Crippen LogP contribution in [0.4, 0.5) is 11.4 Å². The smallest absolute Gasteiger partial charge is 0.241 e. The molecule has 2 N–H and O–H groups in total. The highest BCUT2D eigenvalue weighted by atomic mass is 35.5. The molecular formula is C18H21ClN2O5S. The van der Waals surface area contributed by atoms with Gasteiger partial charge in [-0.3, -0.25) is 9.52 Å². The van der Waals surface area contributed by atoms with Crippen molar-refractivity contribution in [2.75, 3.05) is 22.9 Å². The van der Waals surface area contributed by atoms with Crippen molar-refractivity contribution in [3.63, 3.8) is 0 Å². The van der Waals surface area contributed by atoms with Crippen LogP contribution >= 0.6 is 11.6 Å². The van der Waals surface area contributed by atoms with E-state index in [0.717, 1.165) is 0 Å². The van der Waals surface area contributed by atoms with Crippen LogP contribution in [0.25, 0.3) is 0 Å². The summed E-state index contributed by atoms with van der Waals surface area (Å²) < 4.78 is 37.4. The SMILES string of the molecule is COc1ccc(Cl)cc1NC(=O)CS(=O)(=O)Nc1ccc(OC(C)C)cc1. The Balaban J connectivity index is 2.01. The molecule has 0 aliphatic carbocycles. The summed E-state index contributed by atoms with van der Waals surface area (Å²) in [4.78, 5) is 12.1. The maximum absolute atomic E-state index is 12.2. The molecule has 0 saturated carbocycles. The van der Waals surface area contributed by atoms with E-state index in [2.05, 4.69) is 10.0 Å². The first-order chi connectivity index (χ1) is 12.7. The Morgan fingerprint density at radius 3 is 2.41 bits per heavy atom. The molecule has 0 heterocycles. The average Bonchev–Trinajstić information content (AvgIpc) is 2.55. The summed E-state index contributed by atoms with van der Waals surface area (Å²) >= 11 is 5.89. The van der Waals surface area contributed by atoms with Gasteiger partial charge in [0.05, 0.1) is 18.9 Å². The molecule has 0 spiro atoms. The van der Waals surface area contributed by atoms with E-state index in [4.69, 9.17) is 21.1 Å². The molecule has 146 valence electrons. The molecule has 0 aliphatic rings. The number of amides is 1. The topological polar surface area (TPSA) is 93.7 Å². The maximum atomic E-state index is 12.2. The number of carbonyl (C=O) groups excluding carboxylic acids is 1. The van der Waals surface area contributed by atoms with E-state index in [9.17, 15) is 13.2 Å². The van der Waals surface area contributed by atoms with Crippen LogP contribution < -0.4 is 19.5 Å². The van der Waals surface area contributed by atoms with E-state index in [1.165, 1.54) is 13.2 Å². The first-order valence-corrected chi connectivity index (χ1v) is 10.1. The van der Waals surface area contributed by atoms with Gasteiger partial charge in [-0.15, -0.1) is 0 Å². The fraction of sp³-hybridized carbons (Fsp3) is 0.278. The van der Waals surface area contributed by atoms with Crippen LogP contribution in [0.5, 0.6) is 11.5 Å². The lowest BCUT2D eigenvalue weighted by atomic mass is 10.3. The maximum Gasteiger partial charge on any atom is 0.241 e. The number of ether oxygens (including phenoxy) is 2. The van der Waals surface area contributed by atoms with Gasteiger partial charge in [-0.2, -0.15) is 0 Å². The fourth-order valence-electron chi connectivity index (χ4n) is 2.23. The molecule has 27 heavy (non-hydrogen) atoms. The summed E-state index contributed by atoms with van der Waals surface area (Å²) in [7, 11) is -2.46. The van der Waals surface area contributed by atoms with Crippen molar-refractivity contribution < 1.29 is 22.7 Å². The van der Waals surface area contributed by atoms with Gasteiger partial charge in [-0.05, 0) is 56.3 Å². The third-order valence-corrected chi connectivity index (χ3v) is 4.68. The third kappa shape index (κ3) is 6.65. The highest BCUT2D eigenvalue weighted by molar-refractivity contribution is 7.93. The molecule has 9 heteroatoms. The fourth-order valence-corrected chi connectivity index (χ4v) is 3.38. The Bertz CT molecular complexity index is 898. The molecule has 2 aromatic carbocycles. The number of hydrogen-bond acceptors (Lipinski definition) is 5. The summed E-state index contributed by atoms with van der Waals surface area (Å²) in [6, 6.07) is 11.1. The summed E-state index contributed by atoms with van der Waals surface area (Å²) in [5.74, 6) is -0.479. The summed E-state index contributed by atoms with van der Waals surface area (Å²) in [6.45, 7) is 3.79. The largest absolute Gasteiger partial charge is 0.495 e. The normalized spacial score (nSPS) is 11.1. The zero-order chi connectivity index (χ0) is 20.0. The van der Waals surface area contributed by atoms with Gasteiger partial charge in [0.2, 0.25) is 15.9 Å². The van der Waals surface area contributed by atoms with Gasteiger partial charge in [0.25, 0.3) is 0 Å². The van der Waals surface area contributed by atoms with Gasteiger partial charge in [-0.1, -0.05) is 11.6 Å². The molecule has 2 rings (SSSR count). The number of carbonyl (C=O) groups is 1. The molecule has 0 bridgehead atoms. The number of methoxy groups -OCH3 is 1. The van der Waals surface area contributed by atoms with Crippen LogP contribution in [-0.4, -0.2) is 33.3 Å². The number of halogens is 1. The lowest BCUT2D eigenvalue weighted by Gasteiger charge is -2.12. The zero-order valence-corrected chi connectivity index (χ0v) is 16.7. The Labute approximate surface area is 163 Å². The van der Waals surface area contributed by atoms with Crippen LogP contribution in [0.3, 0.4) is 0 Å². The van der Waals surface area contributed by atoms with Crippen molar-refractivity contribution >= 4 is 38.9 Å². The van der Waals surface area contributed by atoms with Crippen molar-refractivity contribution in [3.8, 4) is 11.5 Å². The highest BCUT2D eigenvalue weighted by Gasteiger charge is 2.18. The van der Waals surface area contributed by atoms with Gasteiger partial charge >= 0.3 is 0 Å². The van der Waals surface area contributed by atoms with E-state index in [1.54, 1.807) is 36.4 Å². The van der Waals surface area contributed by atoms with Crippen molar-refractivity contribution in [2.45, 2.75) is 20.0 Å². The molecule has 0 atom stereocenters. The second kappa shape index (κ2) is 8.96. The minimum atomic E-state index is -3.90. The third-order valence-electron chi connectivity index (χ3n) is 3.26. The zero-order valence-electron chi connectivity index (χ0n) is 15.2. The van der Waals surface area contributed by atoms with E-state index in [0.29, 0.717) is 27.9 Å². The number of rotatable bonds is 8. The Morgan fingerprint density at radius 2 is 1.81 bits per heavy atom. The Morgan fingerprint density at radius 1 is 1.15 bits per heavy atom. The molecule has 0 fully saturated rings. The molecular weight excluding hydrogens is 392 g/mol. The van der Waals surface area contributed by atoms with E-state index >= 15 is 0 Å². The highest BCUT2D eigenvalue weighted by Crippen LogP contribution is 2.27. The van der Waals surface area contributed by atoms with Crippen LogP contribution in [0.1, 0.15) is 13.8 Å². The summed E-state index contributed by atoms with van der Waals surface area (Å²) in [5, 5.41) is 2.87. The predicted octanol–water partition coefficient (Wildman–Crippen LogP) is 3.52. The van der Waals surface area contributed by atoms with Gasteiger partial charge in [0, 0.05) is 10.7 Å². The molecule has 1 amide bonds. The van der Waals surface area contributed by atoms with Gasteiger partial charge in [0.1, 0.15) is 17.3 Å². The molecule has 0 aliphatic heterocycles. The molecule has 7 nitrogen and oxygen atoms in total. The molecule has 0 aromatic heterocycles. The van der Waals surface area contributed by atoms with Crippen LogP contribution in [-0.2, 0) is 14.8 Å². The van der Waals surface area contributed by atoms with Gasteiger partial charge < -0.3 is 14.8 Å². The van der Waals surface area contributed by atoms with Gasteiger partial charge in [-0.25, -0.2) is 8.42 Å². The number of nitrogens with one attached hydrogen (secondary N) is 2. The Kier molecular flexibility index (Phi) is 6.92. The molecule has 0 saturated heterocycles. The van der Waals surface area contributed by atoms with Crippen LogP contribution in [0.2, 0.25) is 5.02 Å². The first-order valence-electron chi connectivity index (χ1n) is 8.09. The van der Waals surface area contributed by atoms with Crippen molar-refractivity contribution in [2.24, 2.45) is 0 Å². The van der Waals surface area contributed by atoms with Gasteiger partial charge in [0.15, 0.2) is 0 Å². The predicted molar refractivity (Wildman–Crippen MR) is 106 cm³/mol. The summed E-state index contributed by atoms with van der Waals surface area (Å²) in [6.07, 6.45) is 0.0136. The number of benzene rings is 2. The van der Waals surface area contributed by atoms with Crippen molar-refractivity contribution in [3.05, 3.63) is 47.5 Å². The van der Waals surface area contributed by atoms with E-state index in [-0.39, 0.29) is 6.10 Å². The van der Waals surface area contributed by atoms with Crippen molar-refractivity contribution in [1.29, 1.82) is 0 Å².